The minimum atomic E-state index is -6.07. The third kappa shape index (κ3) is 2.49. The van der Waals surface area contributed by atoms with E-state index in [2.05, 4.69) is 0 Å². The maximum absolute atomic E-state index is 13.1. The predicted octanol–water partition coefficient (Wildman–Crippen LogP) is 2.54. The number of hydrogen-bond donors (Lipinski definition) is 2. The van der Waals surface area contributed by atoms with E-state index in [0.717, 1.165) is 23.5 Å². The Labute approximate surface area is 96.6 Å². The largest absolute Gasteiger partial charge is 0.463 e. The summed E-state index contributed by atoms with van der Waals surface area (Å²) in [7, 11) is 0. The molecule has 3 N–H and O–H groups in total. The van der Waals surface area contributed by atoms with Crippen LogP contribution in [0.1, 0.15) is 0 Å². The molecule has 0 saturated carbocycles. The second kappa shape index (κ2) is 4.39. The normalized spacial score (nSPS) is 12.3. The molecular formula is C9H6F6N2O. The van der Waals surface area contributed by atoms with E-state index >= 15 is 0 Å². The molecule has 0 radical (unpaired) electrons. The topological polar surface area (TPSA) is 55.1 Å². The number of nitrogens with one attached hydrogen (secondary N) is 1. The Kier molecular flexibility index (Phi) is 3.45. The van der Waals surface area contributed by atoms with Crippen molar-refractivity contribution in [2.75, 3.05) is 11.1 Å². The number of halogens is 6. The summed E-state index contributed by atoms with van der Waals surface area (Å²) in [6, 6.07) is 2.88. The van der Waals surface area contributed by atoms with E-state index in [-0.39, 0.29) is 0 Å². The van der Waals surface area contributed by atoms with Gasteiger partial charge in [-0.05, 0) is 12.1 Å². The van der Waals surface area contributed by atoms with Gasteiger partial charge in [-0.3, -0.25) is 4.79 Å². The molecule has 0 atom stereocenters. The number of rotatable bonds is 2. The van der Waals surface area contributed by atoms with Gasteiger partial charge in [0.15, 0.2) is 0 Å². The number of hydrogen-bond acceptors (Lipinski definition) is 2. The van der Waals surface area contributed by atoms with E-state index in [4.69, 9.17) is 5.73 Å². The van der Waals surface area contributed by atoms with Crippen LogP contribution in [0.4, 0.5) is 37.7 Å². The molecule has 1 amide bonds. The lowest BCUT2D eigenvalue weighted by atomic mass is 10.2. The standard InChI is InChI=1S/C9H6F6N2O/c10-4-2-1-3-5(16)6(4)17-7(18)8(11,12)9(13,14)15/h1-3H,16H2,(H,17,18). The molecule has 0 spiro atoms. The highest BCUT2D eigenvalue weighted by molar-refractivity contribution is 5.99. The van der Waals surface area contributed by atoms with E-state index in [1.54, 1.807) is 0 Å². The zero-order valence-corrected chi connectivity index (χ0v) is 8.49. The molecule has 100 valence electrons. The lowest BCUT2D eigenvalue weighted by Crippen LogP contribution is -2.47. The molecule has 0 unspecified atom stereocenters. The number of nitrogens with two attached hydrogens (primary N) is 1. The summed E-state index contributed by atoms with van der Waals surface area (Å²) in [5.74, 6) is -9.56. The van der Waals surface area contributed by atoms with Crippen molar-refractivity contribution in [3.8, 4) is 0 Å². The van der Waals surface area contributed by atoms with Crippen LogP contribution in [0.15, 0.2) is 18.2 Å². The van der Waals surface area contributed by atoms with Crippen molar-refractivity contribution in [1.29, 1.82) is 0 Å². The summed E-state index contributed by atoms with van der Waals surface area (Å²) in [6.07, 6.45) is -6.07. The Hall–Kier alpha value is -1.93. The van der Waals surface area contributed by atoms with Crippen molar-refractivity contribution in [2.45, 2.75) is 12.1 Å². The highest BCUT2D eigenvalue weighted by Crippen LogP contribution is 2.37. The molecule has 18 heavy (non-hydrogen) atoms. The lowest BCUT2D eigenvalue weighted by molar-refractivity contribution is -0.267. The number of anilines is 2. The first-order chi connectivity index (χ1) is 8.07. The second-order valence-corrected chi connectivity index (χ2v) is 3.23. The summed E-state index contributed by atoms with van der Waals surface area (Å²) in [5, 5.41) is 1.12. The van der Waals surface area contributed by atoms with Gasteiger partial charge in [-0.2, -0.15) is 22.0 Å². The zero-order valence-electron chi connectivity index (χ0n) is 8.49. The van der Waals surface area contributed by atoms with Crippen LogP contribution in [0.2, 0.25) is 0 Å². The third-order valence-corrected chi connectivity index (χ3v) is 1.93. The van der Waals surface area contributed by atoms with E-state index in [1.165, 1.54) is 0 Å². The van der Waals surface area contributed by atoms with Crippen molar-refractivity contribution in [3.63, 3.8) is 0 Å². The van der Waals surface area contributed by atoms with Crippen LogP contribution in [0.5, 0.6) is 0 Å². The molecule has 3 nitrogen and oxygen atoms in total. The lowest BCUT2D eigenvalue weighted by Gasteiger charge is -2.19. The molecule has 0 fully saturated rings. The SMILES string of the molecule is Nc1cccc(F)c1NC(=O)C(F)(F)C(F)(F)F. The molecule has 0 aliphatic rings. The molecule has 0 aliphatic carbocycles. The number of carbonyl (C=O) groups excluding carboxylic acids is 1. The average Bonchev–Trinajstić information content (AvgIpc) is 2.21. The highest BCUT2D eigenvalue weighted by atomic mass is 19.4. The van der Waals surface area contributed by atoms with Crippen molar-refractivity contribution < 1.29 is 31.1 Å². The monoisotopic (exact) mass is 272 g/mol. The van der Waals surface area contributed by atoms with Crippen LogP contribution in [0.3, 0.4) is 0 Å². The number of alkyl halides is 5. The van der Waals surface area contributed by atoms with Gasteiger partial charge in [0.1, 0.15) is 11.5 Å². The van der Waals surface area contributed by atoms with E-state index in [9.17, 15) is 31.1 Å². The molecule has 9 heteroatoms. The van der Waals surface area contributed by atoms with Crippen molar-refractivity contribution in [1.82, 2.24) is 0 Å². The molecule has 0 heterocycles. The molecule has 0 aromatic heterocycles. The summed E-state index contributed by atoms with van der Waals surface area (Å²) >= 11 is 0. The Morgan fingerprint density at radius 2 is 1.72 bits per heavy atom. The van der Waals surface area contributed by atoms with Crippen LogP contribution < -0.4 is 11.1 Å². The third-order valence-electron chi connectivity index (χ3n) is 1.93. The number of carbonyl (C=O) groups is 1. The molecule has 1 rings (SSSR count). The minimum absolute atomic E-state index is 0.471. The van der Waals surface area contributed by atoms with Crippen LogP contribution in [-0.4, -0.2) is 18.0 Å². The van der Waals surface area contributed by atoms with Gasteiger partial charge >= 0.3 is 18.0 Å². The fourth-order valence-corrected chi connectivity index (χ4v) is 0.993. The summed E-state index contributed by atoms with van der Waals surface area (Å²) < 4.78 is 73.8. The molecule has 0 saturated heterocycles. The van der Waals surface area contributed by atoms with E-state index in [1.807, 2.05) is 0 Å². The highest BCUT2D eigenvalue weighted by Gasteiger charge is 2.63. The van der Waals surface area contributed by atoms with Crippen LogP contribution >= 0.6 is 0 Å². The van der Waals surface area contributed by atoms with Crippen LogP contribution in [0.25, 0.3) is 0 Å². The van der Waals surface area contributed by atoms with Gasteiger partial charge in [-0.25, -0.2) is 4.39 Å². The summed E-state index contributed by atoms with van der Waals surface area (Å²) in [4.78, 5) is 10.8. The van der Waals surface area contributed by atoms with Crippen LogP contribution in [-0.2, 0) is 4.79 Å². The van der Waals surface area contributed by atoms with Crippen molar-refractivity contribution in [3.05, 3.63) is 24.0 Å². The van der Waals surface area contributed by atoms with Gasteiger partial charge in [0.25, 0.3) is 0 Å². The predicted molar refractivity (Wildman–Crippen MR) is 50.4 cm³/mol. The van der Waals surface area contributed by atoms with Gasteiger partial charge in [-0.1, -0.05) is 6.07 Å². The number of nitrogen functional groups attached to an aromatic ring is 1. The Morgan fingerprint density at radius 3 is 2.17 bits per heavy atom. The average molecular weight is 272 g/mol. The number of benzene rings is 1. The second-order valence-electron chi connectivity index (χ2n) is 3.23. The smallest absolute Gasteiger partial charge is 0.397 e. The maximum Gasteiger partial charge on any atom is 0.463 e. The first-order valence-electron chi connectivity index (χ1n) is 4.37. The Bertz CT molecular complexity index is 450. The van der Waals surface area contributed by atoms with E-state index in [0.29, 0.717) is 0 Å². The summed E-state index contributed by atoms with van der Waals surface area (Å²) in [5.41, 5.74) is 3.75. The van der Waals surface area contributed by atoms with Crippen molar-refractivity contribution in [2.24, 2.45) is 0 Å². The molecule has 1 aromatic carbocycles. The van der Waals surface area contributed by atoms with Gasteiger partial charge in [0.2, 0.25) is 0 Å². The van der Waals surface area contributed by atoms with Gasteiger partial charge in [-0.15, -0.1) is 0 Å². The molecule has 0 bridgehead atoms. The first-order valence-corrected chi connectivity index (χ1v) is 4.37. The van der Waals surface area contributed by atoms with Gasteiger partial charge < -0.3 is 11.1 Å². The molecule has 0 aliphatic heterocycles. The fourth-order valence-electron chi connectivity index (χ4n) is 0.993. The fraction of sp³-hybridized carbons (Fsp3) is 0.222. The van der Waals surface area contributed by atoms with E-state index < -0.39 is 35.2 Å². The Morgan fingerprint density at radius 1 is 1.17 bits per heavy atom. The zero-order chi connectivity index (χ0) is 14.1. The summed E-state index contributed by atoms with van der Waals surface area (Å²) in [6.45, 7) is 0. The van der Waals surface area contributed by atoms with Crippen molar-refractivity contribution >= 4 is 17.3 Å². The van der Waals surface area contributed by atoms with Gasteiger partial charge in [0.05, 0.1) is 5.69 Å². The molecular weight excluding hydrogens is 266 g/mol. The maximum atomic E-state index is 13.1. The Balaban J connectivity index is 3.03. The quantitative estimate of drug-likeness (QED) is 0.642. The molecule has 1 aromatic rings. The minimum Gasteiger partial charge on any atom is -0.397 e. The van der Waals surface area contributed by atoms with Crippen LogP contribution in [0, 0.1) is 5.82 Å². The first kappa shape index (κ1) is 14.1. The number of para-hydroxylation sites is 1. The number of amides is 1. The van der Waals surface area contributed by atoms with Gasteiger partial charge in [0, 0.05) is 0 Å².